The molecule has 0 N–H and O–H groups in total. The Bertz CT molecular complexity index is 2650. The number of rotatable bonds is 33. The maximum atomic E-state index is 3.99. The van der Waals surface area contributed by atoms with Crippen molar-refractivity contribution in [2.24, 2.45) is 164 Å². The van der Waals surface area contributed by atoms with E-state index < -0.39 is 0 Å². The van der Waals surface area contributed by atoms with Crippen LogP contribution in [0.2, 0.25) is 0 Å². The SMILES string of the molecule is CC(C)=C(C(=[C-]C(C)C)C(C)C)C(C)C.CC(C)=C(C(C)C)C([C-](C(C)C)C(C)C)(C(C)C)C(C)C.CC(C)=[C-]C(=C(C(C)C)C(C)C)C(C)C.CC(C)=[C-]C(C(=C(C)C)C(C)C)(C(C)C)C(C)C.CC(C)=[C-]C(C(C)C)(C(C)C)C(C(C)C)(C(C)C)C(C)C.CC(C)C(=C(C(C)C)C(C)C)[C-](C(C)C)C(C)C.[Y].[Y].[Y].[Y].[Y].[Y]. The van der Waals surface area contributed by atoms with Gasteiger partial charge >= 0.3 is 0 Å². The normalized spacial score (nSPS) is 12.1. The van der Waals surface area contributed by atoms with Crippen molar-refractivity contribution in [3.05, 3.63) is 114 Å². The summed E-state index contributed by atoms with van der Waals surface area (Å²) in [5.41, 5.74) is 21.5. The monoisotopic (exact) mass is 2040 g/mol. The summed E-state index contributed by atoms with van der Waals surface area (Å²) in [6.45, 7) is 139. The zero-order chi connectivity index (χ0) is 87.9. The first-order valence-corrected chi connectivity index (χ1v) is 45.1. The maximum Gasteiger partial charge on any atom is 0 e. The van der Waals surface area contributed by atoms with Gasteiger partial charge in [-0.2, -0.15) is 34.0 Å². The third-order valence-corrected chi connectivity index (χ3v) is 23.4. The molecule has 0 spiro atoms. The van der Waals surface area contributed by atoms with Gasteiger partial charge in [-0.15, -0.1) is 16.7 Å². The summed E-state index contributed by atoms with van der Waals surface area (Å²) >= 11 is 0. The molecule has 0 atom stereocenters. The Hall–Kier alpha value is 4.15. The van der Waals surface area contributed by atoms with Crippen LogP contribution in [0, 0.1) is 200 Å². The molecule has 0 aromatic heterocycles. The molecule has 0 unspecified atom stereocenters. The molecule has 0 saturated heterocycles. The second kappa shape index (κ2) is 68.3. The first-order chi connectivity index (χ1) is 48.5. The fourth-order valence-corrected chi connectivity index (χ4v) is 22.2. The molecular formula is C108H204Y6-6. The molecule has 0 saturated carbocycles. The van der Waals surface area contributed by atoms with E-state index in [1.54, 1.807) is 39.7 Å². The minimum absolute atomic E-state index is 0. The predicted octanol–water partition coefficient (Wildman–Crippen LogP) is 36.4. The molecule has 0 aromatic rings. The van der Waals surface area contributed by atoms with E-state index in [0.717, 1.165) is 0 Å². The fraction of sp³-hybridized carbons (Fsp3) is 0.815. The molecule has 0 amide bonds. The number of hydrogen-bond donors (Lipinski definition) is 0. The Morgan fingerprint density at radius 3 is 0.728 bits per heavy atom. The average molecular weight is 2040 g/mol. The molecule has 6 heteroatoms. The van der Waals surface area contributed by atoms with Crippen molar-refractivity contribution in [2.45, 2.75) is 415 Å². The van der Waals surface area contributed by atoms with Gasteiger partial charge in [0.15, 0.2) is 0 Å². The zero-order valence-corrected chi connectivity index (χ0v) is 106. The zero-order valence-electron chi connectivity index (χ0n) is 89.3. The standard InChI is InChI=1S/2C21H41.C18H33.C18H35.2C15H27.6Y/c1-14(2)13-20(15(3)4,16(5)6)21(17(7)8,18(9)10)19(11)12;1-13(2)19(14(3)4)21(17(9)10,18(11)12)20(15(5)6)16(7)8;1-12(2)11-18(15(7)8,16(9)10)17(13(3)4)14(5)6;1-11(2)16(12(3)4)18(15(9)10)17(13(5)6)14(7)8;2*1-10(2)9-14(11(3)4)15(12(5)6)13(7)8;;;;;;/h15-19H,1-12H3;13-15,17-18H,1-12H3;13,15-16H,1-10H3;11-15H,1-10H3;11-13H,1-8H3;10-12H,1-8H3;;;;;;/q6*-1;;;;;;. The first kappa shape index (κ1) is 144. The van der Waals surface area contributed by atoms with Gasteiger partial charge in [0.25, 0.3) is 0 Å². The van der Waals surface area contributed by atoms with Crippen LogP contribution in [0.15, 0.2) is 78.0 Å². The van der Waals surface area contributed by atoms with Crippen LogP contribution in [-0.4, -0.2) is 0 Å². The molecule has 0 bridgehead atoms. The van der Waals surface area contributed by atoms with Gasteiger partial charge in [0.2, 0.25) is 0 Å². The Kier molecular flexibility index (Phi) is 86.2. The van der Waals surface area contributed by atoms with Gasteiger partial charge in [-0.05, 0) is 62.7 Å². The number of hydrogen-bond acceptors (Lipinski definition) is 0. The van der Waals surface area contributed by atoms with Crippen molar-refractivity contribution < 1.29 is 196 Å². The second-order valence-corrected chi connectivity index (χ2v) is 42.1. The van der Waals surface area contributed by atoms with Crippen molar-refractivity contribution in [2.75, 3.05) is 0 Å². The molecule has 114 heavy (non-hydrogen) atoms. The summed E-state index contributed by atoms with van der Waals surface area (Å²) in [5, 5.41) is 0. The van der Waals surface area contributed by atoms with Gasteiger partial charge in [-0.3, -0.25) is 23.1 Å². The van der Waals surface area contributed by atoms with E-state index >= 15 is 0 Å². The van der Waals surface area contributed by atoms with Gasteiger partial charge < -0.3 is 12.2 Å². The van der Waals surface area contributed by atoms with Crippen molar-refractivity contribution in [1.29, 1.82) is 0 Å². The molecule has 0 fully saturated rings. The van der Waals surface area contributed by atoms with Gasteiger partial charge in [-0.1, -0.05) is 505 Å². The van der Waals surface area contributed by atoms with Crippen LogP contribution in [0.3, 0.4) is 0 Å². The van der Waals surface area contributed by atoms with E-state index in [1.807, 2.05) is 0 Å². The molecular weight excluding hydrogens is 1830 g/mol. The average Bonchev–Trinajstić information content (AvgIpc) is 0.724. The van der Waals surface area contributed by atoms with E-state index in [9.17, 15) is 0 Å². The molecule has 0 heterocycles. The van der Waals surface area contributed by atoms with E-state index in [2.05, 4.69) is 440 Å². The summed E-state index contributed by atoms with van der Waals surface area (Å²) < 4.78 is 0. The van der Waals surface area contributed by atoms with Crippen LogP contribution in [-0.2, 0) is 196 Å². The Balaban J connectivity index is -0.000000109. The predicted molar refractivity (Wildman–Crippen MR) is 503 cm³/mol. The molecule has 0 aromatic carbocycles. The van der Waals surface area contributed by atoms with E-state index in [1.165, 1.54) is 50.2 Å². The van der Waals surface area contributed by atoms with E-state index in [4.69, 9.17) is 0 Å². The number of allylic oxidation sites excluding steroid dienone is 18. The minimum Gasteiger partial charge on any atom is -0.490 e. The quantitative estimate of drug-likeness (QED) is 0.0349. The second-order valence-electron chi connectivity index (χ2n) is 42.1. The summed E-state index contributed by atoms with van der Waals surface area (Å²) in [6, 6.07) is 0. The van der Waals surface area contributed by atoms with E-state index in [-0.39, 0.29) is 218 Å². The smallest absolute Gasteiger partial charge is 0 e. The summed E-state index contributed by atoms with van der Waals surface area (Å²) in [4.78, 5) is 0. The molecule has 0 aliphatic rings. The van der Waals surface area contributed by atoms with Crippen LogP contribution < -0.4 is 0 Å². The van der Waals surface area contributed by atoms with Crippen LogP contribution in [0.4, 0.5) is 0 Å². The summed E-state index contributed by atoms with van der Waals surface area (Å²) in [5.74, 6) is 18.0. The minimum atomic E-state index is 0. The molecule has 6 radical (unpaired) electrons. The fourth-order valence-electron chi connectivity index (χ4n) is 22.2. The maximum absolute atomic E-state index is 3.99. The molecule has 0 rings (SSSR count). The van der Waals surface area contributed by atoms with Gasteiger partial charge in [0, 0.05) is 196 Å². The van der Waals surface area contributed by atoms with Crippen molar-refractivity contribution >= 4 is 0 Å². The van der Waals surface area contributed by atoms with Gasteiger partial charge in [-0.25, -0.2) is 39.9 Å². The van der Waals surface area contributed by atoms with Crippen LogP contribution in [0.1, 0.15) is 415 Å². The topological polar surface area (TPSA) is 0 Å². The van der Waals surface area contributed by atoms with Crippen LogP contribution >= 0.6 is 0 Å². The summed E-state index contributed by atoms with van der Waals surface area (Å²) in [6.07, 6.45) is 14.9. The largest absolute Gasteiger partial charge is 0.490 e. The third kappa shape index (κ3) is 44.0. The molecule has 0 aliphatic heterocycles. The van der Waals surface area contributed by atoms with Crippen molar-refractivity contribution in [1.82, 2.24) is 0 Å². The van der Waals surface area contributed by atoms with Crippen molar-refractivity contribution in [3.8, 4) is 0 Å². The first-order valence-electron chi connectivity index (χ1n) is 45.1. The Morgan fingerprint density at radius 1 is 0.263 bits per heavy atom. The summed E-state index contributed by atoms with van der Waals surface area (Å²) in [7, 11) is 0. The van der Waals surface area contributed by atoms with Gasteiger partial charge in [0.1, 0.15) is 0 Å². The molecule has 0 aliphatic carbocycles. The van der Waals surface area contributed by atoms with Crippen LogP contribution in [0.5, 0.6) is 0 Å². The van der Waals surface area contributed by atoms with Crippen molar-refractivity contribution in [3.63, 3.8) is 0 Å². The molecule has 660 valence electrons. The molecule has 0 nitrogen and oxygen atoms in total. The van der Waals surface area contributed by atoms with Crippen LogP contribution in [0.25, 0.3) is 0 Å². The van der Waals surface area contributed by atoms with Gasteiger partial charge in [0.05, 0.1) is 0 Å². The Labute approximate surface area is 877 Å². The third-order valence-electron chi connectivity index (χ3n) is 23.4. The Morgan fingerprint density at radius 2 is 0.570 bits per heavy atom. The van der Waals surface area contributed by atoms with E-state index in [0.29, 0.717) is 142 Å².